The Morgan fingerprint density at radius 2 is 1.58 bits per heavy atom. The maximum absolute atomic E-state index is 8.96. The zero-order valence-corrected chi connectivity index (χ0v) is 12.1. The summed E-state index contributed by atoms with van der Waals surface area (Å²) in [6.45, 7) is 9.83. The zero-order valence-electron chi connectivity index (χ0n) is 12.1. The SMILES string of the molecule is C[C@H](CC[NH+]1CC[NH+](CCO)CC1)c1ccccc1. The van der Waals surface area contributed by atoms with E-state index in [2.05, 4.69) is 37.3 Å². The molecule has 0 aliphatic carbocycles. The summed E-state index contributed by atoms with van der Waals surface area (Å²) < 4.78 is 0. The Morgan fingerprint density at radius 3 is 2.16 bits per heavy atom. The third-order valence-electron chi connectivity index (χ3n) is 4.43. The molecule has 0 bridgehead atoms. The first-order chi connectivity index (χ1) is 9.29. The number of hydrogen-bond acceptors (Lipinski definition) is 1. The van der Waals surface area contributed by atoms with Crippen molar-refractivity contribution in [1.82, 2.24) is 0 Å². The molecule has 1 heterocycles. The van der Waals surface area contributed by atoms with Gasteiger partial charge in [0, 0.05) is 6.42 Å². The van der Waals surface area contributed by atoms with E-state index < -0.39 is 0 Å². The standard InChI is InChI=1S/C16H26N2O/c1-15(16-5-3-2-4-6-16)7-8-17-9-11-18(12-10-17)13-14-19/h2-6,15,19H,7-14H2,1H3/p+2/t15-/m1/s1. The molecule has 0 saturated carbocycles. The molecule has 1 atom stereocenters. The van der Waals surface area contributed by atoms with Crippen LogP contribution in [0.3, 0.4) is 0 Å². The van der Waals surface area contributed by atoms with Crippen molar-refractivity contribution in [1.29, 1.82) is 0 Å². The summed E-state index contributed by atoms with van der Waals surface area (Å²) in [6, 6.07) is 10.8. The topological polar surface area (TPSA) is 29.1 Å². The van der Waals surface area contributed by atoms with Gasteiger partial charge in [-0.3, -0.25) is 0 Å². The van der Waals surface area contributed by atoms with E-state index in [9.17, 15) is 0 Å². The van der Waals surface area contributed by atoms with E-state index in [1.807, 2.05) is 0 Å². The van der Waals surface area contributed by atoms with Crippen LogP contribution in [0.1, 0.15) is 24.8 Å². The van der Waals surface area contributed by atoms with Crippen LogP contribution in [0, 0.1) is 0 Å². The zero-order chi connectivity index (χ0) is 13.5. The number of nitrogens with one attached hydrogen (secondary N) is 2. The van der Waals surface area contributed by atoms with Crippen LogP contribution in [0.5, 0.6) is 0 Å². The van der Waals surface area contributed by atoms with Crippen LogP contribution < -0.4 is 9.80 Å². The van der Waals surface area contributed by atoms with Crippen LogP contribution >= 0.6 is 0 Å². The van der Waals surface area contributed by atoms with Crippen molar-refractivity contribution in [3.8, 4) is 0 Å². The van der Waals surface area contributed by atoms with E-state index in [-0.39, 0.29) is 0 Å². The monoisotopic (exact) mass is 264 g/mol. The molecule has 1 saturated heterocycles. The van der Waals surface area contributed by atoms with E-state index in [4.69, 9.17) is 5.11 Å². The highest BCUT2D eigenvalue weighted by Crippen LogP contribution is 2.16. The summed E-state index contributed by atoms with van der Waals surface area (Å²) in [7, 11) is 0. The van der Waals surface area contributed by atoms with Gasteiger partial charge in [0.05, 0.1) is 13.2 Å². The number of aliphatic hydroxyl groups excluding tert-OH is 1. The molecule has 0 amide bonds. The van der Waals surface area contributed by atoms with Crippen LogP contribution in [-0.4, -0.2) is 51.0 Å². The fraction of sp³-hybridized carbons (Fsp3) is 0.625. The van der Waals surface area contributed by atoms with E-state index in [0.717, 1.165) is 6.54 Å². The highest BCUT2D eigenvalue weighted by molar-refractivity contribution is 5.18. The fourth-order valence-corrected chi connectivity index (χ4v) is 2.98. The van der Waals surface area contributed by atoms with Crippen molar-refractivity contribution in [2.24, 2.45) is 0 Å². The molecule has 3 nitrogen and oxygen atoms in total. The van der Waals surface area contributed by atoms with Crippen molar-refractivity contribution < 1.29 is 14.9 Å². The number of aliphatic hydroxyl groups is 1. The Morgan fingerprint density at radius 1 is 1.00 bits per heavy atom. The lowest BCUT2D eigenvalue weighted by atomic mass is 9.97. The van der Waals surface area contributed by atoms with Gasteiger partial charge in [-0.05, 0) is 11.5 Å². The summed E-state index contributed by atoms with van der Waals surface area (Å²) in [4.78, 5) is 3.31. The number of piperazine rings is 1. The summed E-state index contributed by atoms with van der Waals surface area (Å²) in [6.07, 6.45) is 1.27. The minimum absolute atomic E-state index is 0.329. The van der Waals surface area contributed by atoms with E-state index >= 15 is 0 Å². The highest BCUT2D eigenvalue weighted by Gasteiger charge is 2.22. The van der Waals surface area contributed by atoms with Crippen molar-refractivity contribution in [2.45, 2.75) is 19.3 Å². The maximum atomic E-state index is 8.96. The number of benzene rings is 1. The normalized spacial score (nSPS) is 25.2. The summed E-state index contributed by atoms with van der Waals surface area (Å²) in [5.74, 6) is 0.663. The van der Waals surface area contributed by atoms with Gasteiger partial charge in [-0.1, -0.05) is 37.3 Å². The molecule has 3 heteroatoms. The molecule has 3 N–H and O–H groups in total. The number of rotatable bonds is 6. The average molecular weight is 264 g/mol. The molecule has 19 heavy (non-hydrogen) atoms. The lowest BCUT2D eigenvalue weighted by Crippen LogP contribution is -3.28. The lowest BCUT2D eigenvalue weighted by molar-refractivity contribution is -1.01. The van der Waals surface area contributed by atoms with E-state index in [1.165, 1.54) is 44.7 Å². The lowest BCUT2D eigenvalue weighted by Gasteiger charge is -2.30. The van der Waals surface area contributed by atoms with Crippen LogP contribution in [0.15, 0.2) is 30.3 Å². The molecule has 0 spiro atoms. The summed E-state index contributed by atoms with van der Waals surface area (Å²) in [5, 5.41) is 8.96. The molecule has 1 aliphatic heterocycles. The Labute approximate surface area is 116 Å². The molecule has 0 aromatic heterocycles. The molecule has 1 aromatic rings. The smallest absolute Gasteiger partial charge is 0.127 e. The molecule has 2 rings (SSSR count). The minimum Gasteiger partial charge on any atom is -0.391 e. The second-order valence-corrected chi connectivity index (χ2v) is 5.82. The Bertz CT molecular complexity index is 347. The summed E-state index contributed by atoms with van der Waals surface area (Å²) >= 11 is 0. The van der Waals surface area contributed by atoms with Crippen LogP contribution in [-0.2, 0) is 0 Å². The van der Waals surface area contributed by atoms with Gasteiger partial charge in [-0.2, -0.15) is 0 Å². The van der Waals surface area contributed by atoms with Gasteiger partial charge >= 0.3 is 0 Å². The van der Waals surface area contributed by atoms with Crippen molar-refractivity contribution in [3.63, 3.8) is 0 Å². The first kappa shape index (κ1) is 14.5. The second-order valence-electron chi connectivity index (χ2n) is 5.82. The van der Waals surface area contributed by atoms with Crippen molar-refractivity contribution in [2.75, 3.05) is 45.9 Å². The Kier molecular flexibility index (Phi) is 5.83. The second kappa shape index (κ2) is 7.63. The van der Waals surface area contributed by atoms with Crippen molar-refractivity contribution in [3.05, 3.63) is 35.9 Å². The Hall–Kier alpha value is -0.900. The molecular weight excluding hydrogens is 236 g/mol. The molecule has 1 fully saturated rings. The highest BCUT2D eigenvalue weighted by atomic mass is 16.3. The third kappa shape index (κ3) is 4.60. The van der Waals surface area contributed by atoms with Crippen LogP contribution in [0.25, 0.3) is 0 Å². The van der Waals surface area contributed by atoms with Gasteiger partial charge < -0.3 is 14.9 Å². The summed E-state index contributed by atoms with van der Waals surface area (Å²) in [5.41, 5.74) is 1.46. The van der Waals surface area contributed by atoms with Gasteiger partial charge in [0.25, 0.3) is 0 Å². The molecule has 0 radical (unpaired) electrons. The maximum Gasteiger partial charge on any atom is 0.127 e. The third-order valence-corrected chi connectivity index (χ3v) is 4.43. The molecular formula is C16H28N2O+2. The number of hydrogen-bond donors (Lipinski definition) is 3. The molecule has 1 aromatic carbocycles. The Balaban J connectivity index is 1.69. The van der Waals surface area contributed by atoms with Crippen LogP contribution in [0.4, 0.5) is 0 Å². The van der Waals surface area contributed by atoms with Gasteiger partial charge in [-0.25, -0.2) is 0 Å². The molecule has 106 valence electrons. The first-order valence-electron chi connectivity index (χ1n) is 7.62. The van der Waals surface area contributed by atoms with E-state index in [0.29, 0.717) is 12.5 Å². The number of quaternary nitrogens is 2. The molecule has 1 aliphatic rings. The van der Waals surface area contributed by atoms with Gasteiger partial charge in [0.2, 0.25) is 0 Å². The first-order valence-corrected chi connectivity index (χ1v) is 7.62. The largest absolute Gasteiger partial charge is 0.391 e. The fourth-order valence-electron chi connectivity index (χ4n) is 2.98. The minimum atomic E-state index is 0.329. The van der Waals surface area contributed by atoms with Gasteiger partial charge in [0.15, 0.2) is 0 Å². The predicted octanol–water partition coefficient (Wildman–Crippen LogP) is -1.04. The van der Waals surface area contributed by atoms with Gasteiger partial charge in [0.1, 0.15) is 32.7 Å². The molecule has 0 unspecified atom stereocenters. The average Bonchev–Trinajstić information content (AvgIpc) is 2.47. The predicted molar refractivity (Wildman–Crippen MR) is 77.7 cm³/mol. The van der Waals surface area contributed by atoms with E-state index in [1.54, 1.807) is 9.80 Å². The van der Waals surface area contributed by atoms with Gasteiger partial charge in [-0.15, -0.1) is 0 Å². The quantitative estimate of drug-likeness (QED) is 0.602. The van der Waals surface area contributed by atoms with Crippen LogP contribution in [0.2, 0.25) is 0 Å². The van der Waals surface area contributed by atoms with Crippen molar-refractivity contribution >= 4 is 0 Å².